The van der Waals surface area contributed by atoms with E-state index in [4.69, 9.17) is 9.47 Å². The number of rotatable bonds is 11. The molecule has 2 aromatic carbocycles. The van der Waals surface area contributed by atoms with Crippen molar-refractivity contribution < 1.29 is 19.1 Å². The predicted molar refractivity (Wildman–Crippen MR) is 118 cm³/mol. The van der Waals surface area contributed by atoms with Gasteiger partial charge in [-0.2, -0.15) is 0 Å². The zero-order chi connectivity index (χ0) is 21.1. The SMILES string of the molecule is CCCCOc1ccc(Br)cc1C(=O)Nc1cccc(C(=O)NCCCOC)c1. The van der Waals surface area contributed by atoms with Crippen molar-refractivity contribution in [3.05, 3.63) is 58.1 Å². The smallest absolute Gasteiger partial charge is 0.259 e. The van der Waals surface area contributed by atoms with E-state index in [-0.39, 0.29) is 11.8 Å². The van der Waals surface area contributed by atoms with Crippen molar-refractivity contribution in [3.63, 3.8) is 0 Å². The molecular weight excluding hydrogens is 436 g/mol. The Morgan fingerprint density at radius 2 is 1.86 bits per heavy atom. The lowest BCUT2D eigenvalue weighted by molar-refractivity contribution is 0.0947. The highest BCUT2D eigenvalue weighted by molar-refractivity contribution is 9.10. The van der Waals surface area contributed by atoms with Crippen LogP contribution >= 0.6 is 15.9 Å². The maximum absolute atomic E-state index is 12.8. The summed E-state index contributed by atoms with van der Waals surface area (Å²) in [6.45, 7) is 3.75. The number of halogens is 1. The molecule has 0 aliphatic rings. The minimum atomic E-state index is -0.296. The van der Waals surface area contributed by atoms with Gasteiger partial charge in [0.2, 0.25) is 0 Å². The summed E-state index contributed by atoms with van der Waals surface area (Å²) in [5.74, 6) is 0.0462. The molecule has 0 atom stereocenters. The number of carbonyl (C=O) groups is 2. The first kappa shape index (κ1) is 22.9. The molecule has 2 N–H and O–H groups in total. The Balaban J connectivity index is 2.07. The summed E-state index contributed by atoms with van der Waals surface area (Å²) in [5.41, 5.74) is 1.46. The van der Waals surface area contributed by atoms with Crippen molar-refractivity contribution in [1.82, 2.24) is 5.32 Å². The standard InChI is InChI=1S/C22H27BrN2O4/c1-3-4-13-29-20-10-9-17(23)15-19(20)22(27)25-18-8-5-7-16(14-18)21(26)24-11-6-12-28-2/h5,7-10,14-15H,3-4,6,11-13H2,1-2H3,(H,24,26)(H,25,27). The molecule has 0 aliphatic carbocycles. The second-order valence-electron chi connectivity index (χ2n) is 6.48. The van der Waals surface area contributed by atoms with Gasteiger partial charge in [0.15, 0.2) is 0 Å². The van der Waals surface area contributed by atoms with Crippen LogP contribution in [-0.2, 0) is 4.74 Å². The quantitative estimate of drug-likeness (QED) is 0.476. The first-order chi connectivity index (χ1) is 14.0. The highest BCUT2D eigenvalue weighted by Gasteiger charge is 2.15. The molecule has 29 heavy (non-hydrogen) atoms. The number of unbranched alkanes of at least 4 members (excludes halogenated alkanes) is 1. The normalized spacial score (nSPS) is 10.4. The average Bonchev–Trinajstić information content (AvgIpc) is 2.72. The third-order valence-corrected chi connectivity index (χ3v) is 4.63. The number of hydrogen-bond acceptors (Lipinski definition) is 4. The Morgan fingerprint density at radius 1 is 1.03 bits per heavy atom. The molecule has 6 nitrogen and oxygen atoms in total. The Morgan fingerprint density at radius 3 is 2.62 bits per heavy atom. The molecule has 2 rings (SSSR count). The van der Waals surface area contributed by atoms with Gasteiger partial charge < -0.3 is 20.1 Å². The van der Waals surface area contributed by atoms with E-state index in [2.05, 4.69) is 33.5 Å². The van der Waals surface area contributed by atoms with Gasteiger partial charge in [-0.15, -0.1) is 0 Å². The van der Waals surface area contributed by atoms with Gasteiger partial charge in [-0.05, 0) is 49.2 Å². The monoisotopic (exact) mass is 462 g/mol. The lowest BCUT2D eigenvalue weighted by atomic mass is 10.1. The Kier molecular flexibility index (Phi) is 9.67. The van der Waals surface area contributed by atoms with Crippen LogP contribution in [0.15, 0.2) is 46.9 Å². The molecule has 2 aromatic rings. The van der Waals surface area contributed by atoms with Crippen molar-refractivity contribution in [2.45, 2.75) is 26.2 Å². The Bertz CT molecular complexity index is 826. The second-order valence-corrected chi connectivity index (χ2v) is 7.40. The van der Waals surface area contributed by atoms with E-state index >= 15 is 0 Å². The molecule has 0 heterocycles. The fourth-order valence-electron chi connectivity index (χ4n) is 2.59. The topological polar surface area (TPSA) is 76.7 Å². The largest absolute Gasteiger partial charge is 0.493 e. The van der Waals surface area contributed by atoms with Crippen LogP contribution in [-0.4, -0.2) is 38.7 Å². The van der Waals surface area contributed by atoms with Gasteiger partial charge in [0, 0.05) is 36.0 Å². The fourth-order valence-corrected chi connectivity index (χ4v) is 2.95. The van der Waals surface area contributed by atoms with E-state index in [0.717, 1.165) is 23.7 Å². The van der Waals surface area contributed by atoms with Crippen LogP contribution < -0.4 is 15.4 Å². The van der Waals surface area contributed by atoms with Gasteiger partial charge in [0.05, 0.1) is 12.2 Å². The van der Waals surface area contributed by atoms with Crippen LogP contribution in [0.5, 0.6) is 5.75 Å². The summed E-state index contributed by atoms with van der Waals surface area (Å²) in [6, 6.07) is 12.2. The third-order valence-electron chi connectivity index (χ3n) is 4.14. The van der Waals surface area contributed by atoms with Gasteiger partial charge >= 0.3 is 0 Å². The molecular formula is C22H27BrN2O4. The van der Waals surface area contributed by atoms with Crippen molar-refractivity contribution in [1.29, 1.82) is 0 Å². The molecule has 2 amide bonds. The van der Waals surface area contributed by atoms with Gasteiger partial charge in [-0.1, -0.05) is 35.3 Å². The molecule has 0 spiro atoms. The number of hydrogen-bond donors (Lipinski definition) is 2. The lowest BCUT2D eigenvalue weighted by Gasteiger charge is -2.13. The van der Waals surface area contributed by atoms with Crippen LogP contribution in [0.4, 0.5) is 5.69 Å². The maximum Gasteiger partial charge on any atom is 0.259 e. The zero-order valence-electron chi connectivity index (χ0n) is 16.8. The zero-order valence-corrected chi connectivity index (χ0v) is 18.4. The first-order valence-electron chi connectivity index (χ1n) is 9.66. The van der Waals surface area contributed by atoms with E-state index in [9.17, 15) is 9.59 Å². The number of ether oxygens (including phenoxy) is 2. The van der Waals surface area contributed by atoms with E-state index < -0.39 is 0 Å². The summed E-state index contributed by atoms with van der Waals surface area (Å²) in [7, 11) is 1.62. The van der Waals surface area contributed by atoms with Crippen LogP contribution in [0.1, 0.15) is 46.9 Å². The molecule has 0 unspecified atom stereocenters. The van der Waals surface area contributed by atoms with Crippen molar-refractivity contribution in [2.24, 2.45) is 0 Å². The second kappa shape index (κ2) is 12.2. The predicted octanol–water partition coefficient (Wildman–Crippen LogP) is 4.65. The molecule has 0 saturated heterocycles. The average molecular weight is 463 g/mol. The number of benzene rings is 2. The Hall–Kier alpha value is -2.38. The maximum atomic E-state index is 12.8. The van der Waals surface area contributed by atoms with E-state index in [1.54, 1.807) is 43.5 Å². The van der Waals surface area contributed by atoms with E-state index in [1.807, 2.05) is 6.07 Å². The van der Waals surface area contributed by atoms with Crippen molar-refractivity contribution in [3.8, 4) is 5.75 Å². The third kappa shape index (κ3) is 7.51. The summed E-state index contributed by atoms with van der Waals surface area (Å²) in [4.78, 5) is 25.1. The molecule has 0 aromatic heterocycles. The molecule has 0 saturated carbocycles. The van der Waals surface area contributed by atoms with Gasteiger partial charge in [-0.25, -0.2) is 0 Å². The van der Waals surface area contributed by atoms with Gasteiger partial charge in [-0.3, -0.25) is 9.59 Å². The van der Waals surface area contributed by atoms with Crippen LogP contribution in [0.25, 0.3) is 0 Å². The van der Waals surface area contributed by atoms with Crippen molar-refractivity contribution >= 4 is 33.4 Å². The highest BCUT2D eigenvalue weighted by atomic mass is 79.9. The summed E-state index contributed by atoms with van der Waals surface area (Å²) < 4.78 is 11.5. The fraction of sp³-hybridized carbons (Fsp3) is 0.364. The highest BCUT2D eigenvalue weighted by Crippen LogP contribution is 2.25. The number of amides is 2. The van der Waals surface area contributed by atoms with E-state index in [1.165, 1.54) is 0 Å². The minimum Gasteiger partial charge on any atom is -0.493 e. The number of nitrogens with one attached hydrogen (secondary N) is 2. The molecule has 0 bridgehead atoms. The van der Waals surface area contributed by atoms with Crippen LogP contribution in [0.3, 0.4) is 0 Å². The summed E-state index contributed by atoms with van der Waals surface area (Å²) >= 11 is 3.40. The Labute approximate surface area is 180 Å². The number of methoxy groups -OCH3 is 1. The van der Waals surface area contributed by atoms with Crippen molar-refractivity contribution in [2.75, 3.05) is 32.2 Å². The van der Waals surface area contributed by atoms with Crippen LogP contribution in [0.2, 0.25) is 0 Å². The molecule has 156 valence electrons. The number of anilines is 1. The summed E-state index contributed by atoms with van der Waals surface area (Å²) in [6.07, 6.45) is 2.67. The molecule has 0 radical (unpaired) electrons. The summed E-state index contributed by atoms with van der Waals surface area (Å²) in [5, 5.41) is 5.68. The molecule has 7 heteroatoms. The van der Waals surface area contributed by atoms with E-state index in [0.29, 0.717) is 42.3 Å². The van der Waals surface area contributed by atoms with Crippen LogP contribution in [0, 0.1) is 0 Å². The first-order valence-corrected chi connectivity index (χ1v) is 10.5. The molecule has 0 aliphatic heterocycles. The van der Waals surface area contributed by atoms with Gasteiger partial charge in [0.1, 0.15) is 5.75 Å². The lowest BCUT2D eigenvalue weighted by Crippen LogP contribution is -2.25. The molecule has 0 fully saturated rings. The number of carbonyl (C=O) groups excluding carboxylic acids is 2. The minimum absolute atomic E-state index is 0.191. The van der Waals surface area contributed by atoms with Gasteiger partial charge in [0.25, 0.3) is 11.8 Å².